The minimum Gasteiger partial charge on any atom is -0.460 e. The molecule has 1 aromatic heterocycles. The van der Waals surface area contributed by atoms with E-state index in [2.05, 4.69) is 5.10 Å². The first-order valence-electron chi connectivity index (χ1n) is 5.10. The Labute approximate surface area is 98.5 Å². The van der Waals surface area contributed by atoms with Crippen LogP contribution in [-0.2, 0) is 25.6 Å². The van der Waals surface area contributed by atoms with Crippen LogP contribution in [0.15, 0.2) is 12.4 Å². The van der Waals surface area contributed by atoms with Gasteiger partial charge in [0.25, 0.3) is 0 Å². The van der Waals surface area contributed by atoms with Crippen molar-refractivity contribution >= 4 is 17.6 Å². The fourth-order valence-corrected chi connectivity index (χ4v) is 1.08. The molecule has 0 bridgehead atoms. The molecule has 0 saturated carbocycles. The van der Waals surface area contributed by atoms with Gasteiger partial charge in [-0.3, -0.25) is 9.48 Å². The molecule has 17 heavy (non-hydrogen) atoms. The number of esters is 2. The quantitative estimate of drug-likeness (QED) is 0.726. The summed E-state index contributed by atoms with van der Waals surface area (Å²) in [5, 5.41) is 3.81. The lowest BCUT2D eigenvalue weighted by molar-refractivity contribution is -0.161. The second-order valence-corrected chi connectivity index (χ2v) is 3.67. The van der Waals surface area contributed by atoms with Crippen molar-refractivity contribution in [2.75, 3.05) is 12.3 Å². The van der Waals surface area contributed by atoms with Gasteiger partial charge in [-0.2, -0.15) is 5.10 Å². The molecule has 1 aromatic rings. The van der Waals surface area contributed by atoms with E-state index in [4.69, 9.17) is 15.2 Å². The Hall–Kier alpha value is -2.05. The molecule has 7 heteroatoms. The third-order valence-corrected chi connectivity index (χ3v) is 1.66. The highest BCUT2D eigenvalue weighted by Gasteiger charge is 2.10. The molecular weight excluding hydrogens is 226 g/mol. The highest BCUT2D eigenvalue weighted by Crippen LogP contribution is 1.98. The van der Waals surface area contributed by atoms with E-state index >= 15 is 0 Å². The lowest BCUT2D eigenvalue weighted by atomic mass is 10.5. The van der Waals surface area contributed by atoms with E-state index < -0.39 is 18.5 Å². The molecular formula is C10H15N3O4. The molecule has 0 aromatic carbocycles. The number of nitrogen functional groups attached to an aromatic ring is 1. The van der Waals surface area contributed by atoms with Gasteiger partial charge < -0.3 is 15.2 Å². The molecule has 0 aliphatic rings. The molecule has 0 aliphatic carbocycles. The topological polar surface area (TPSA) is 96.4 Å². The van der Waals surface area contributed by atoms with Gasteiger partial charge in [-0.15, -0.1) is 0 Å². The molecule has 0 amide bonds. The average Bonchev–Trinajstić information content (AvgIpc) is 2.60. The Balaban J connectivity index is 2.28. The molecule has 0 saturated heterocycles. The molecule has 7 nitrogen and oxygen atoms in total. The molecule has 0 unspecified atom stereocenters. The van der Waals surface area contributed by atoms with Crippen molar-refractivity contribution in [3.8, 4) is 0 Å². The van der Waals surface area contributed by atoms with Crippen LogP contribution in [0.1, 0.15) is 13.8 Å². The van der Waals surface area contributed by atoms with Crippen LogP contribution in [0, 0.1) is 0 Å². The van der Waals surface area contributed by atoms with Crippen LogP contribution in [0.25, 0.3) is 0 Å². The van der Waals surface area contributed by atoms with Gasteiger partial charge in [0.1, 0.15) is 6.54 Å². The SMILES string of the molecule is CC(C)OC(=O)COC(=O)Cn1cc(N)cn1. The first-order valence-corrected chi connectivity index (χ1v) is 5.10. The van der Waals surface area contributed by atoms with Crippen LogP contribution >= 0.6 is 0 Å². The Kier molecular flexibility index (Phi) is 4.50. The lowest BCUT2D eigenvalue weighted by Gasteiger charge is -2.08. The van der Waals surface area contributed by atoms with Crippen LogP contribution in [0.4, 0.5) is 5.69 Å². The number of nitrogens with two attached hydrogens (primary N) is 1. The van der Waals surface area contributed by atoms with E-state index in [1.807, 2.05) is 0 Å². The third kappa shape index (κ3) is 5.01. The second kappa shape index (κ2) is 5.88. The minimum absolute atomic E-state index is 0.0911. The highest BCUT2D eigenvalue weighted by molar-refractivity contribution is 5.76. The first-order chi connectivity index (χ1) is 7.97. The van der Waals surface area contributed by atoms with Crippen molar-refractivity contribution < 1.29 is 19.1 Å². The summed E-state index contributed by atoms with van der Waals surface area (Å²) in [6.45, 7) is 2.94. The third-order valence-electron chi connectivity index (χ3n) is 1.66. The largest absolute Gasteiger partial charge is 0.460 e. The van der Waals surface area contributed by atoms with Crippen LogP contribution < -0.4 is 5.73 Å². The van der Waals surface area contributed by atoms with E-state index in [-0.39, 0.29) is 12.6 Å². The first kappa shape index (κ1) is 13.0. The number of nitrogens with zero attached hydrogens (tertiary/aromatic N) is 2. The van der Waals surface area contributed by atoms with Crippen molar-refractivity contribution in [1.29, 1.82) is 0 Å². The highest BCUT2D eigenvalue weighted by atomic mass is 16.6. The summed E-state index contributed by atoms with van der Waals surface area (Å²) in [5.41, 5.74) is 5.88. The Morgan fingerprint density at radius 2 is 2.18 bits per heavy atom. The zero-order chi connectivity index (χ0) is 12.8. The smallest absolute Gasteiger partial charge is 0.344 e. The maximum atomic E-state index is 11.3. The van der Waals surface area contributed by atoms with Crippen molar-refractivity contribution in [1.82, 2.24) is 9.78 Å². The molecule has 1 heterocycles. The van der Waals surface area contributed by atoms with E-state index in [1.54, 1.807) is 13.8 Å². The monoisotopic (exact) mass is 241 g/mol. The van der Waals surface area contributed by atoms with Gasteiger partial charge in [0.05, 0.1) is 18.0 Å². The number of hydrogen-bond acceptors (Lipinski definition) is 6. The lowest BCUT2D eigenvalue weighted by Crippen LogP contribution is -2.22. The van der Waals surface area contributed by atoms with Crippen LogP contribution in [0.3, 0.4) is 0 Å². The zero-order valence-electron chi connectivity index (χ0n) is 9.75. The number of carbonyl (C=O) groups excluding carboxylic acids is 2. The molecule has 0 aliphatic heterocycles. The molecule has 0 fully saturated rings. The number of ether oxygens (including phenoxy) is 2. The van der Waals surface area contributed by atoms with Crippen molar-refractivity contribution in [2.45, 2.75) is 26.5 Å². The van der Waals surface area contributed by atoms with E-state index in [1.165, 1.54) is 17.1 Å². The van der Waals surface area contributed by atoms with Gasteiger partial charge >= 0.3 is 11.9 Å². The van der Waals surface area contributed by atoms with E-state index in [9.17, 15) is 9.59 Å². The summed E-state index contributed by atoms with van der Waals surface area (Å²) in [6.07, 6.45) is 2.68. The van der Waals surface area contributed by atoms with Crippen molar-refractivity contribution in [2.24, 2.45) is 0 Å². The summed E-state index contributed by atoms with van der Waals surface area (Å²) in [6, 6.07) is 0. The summed E-state index contributed by atoms with van der Waals surface area (Å²) < 4.78 is 10.8. The number of rotatable bonds is 5. The van der Waals surface area contributed by atoms with E-state index in [0.29, 0.717) is 5.69 Å². The molecule has 0 radical (unpaired) electrons. The van der Waals surface area contributed by atoms with Gasteiger partial charge in [-0.05, 0) is 13.8 Å². The Morgan fingerprint density at radius 1 is 1.47 bits per heavy atom. The predicted molar refractivity (Wildman–Crippen MR) is 58.8 cm³/mol. The summed E-state index contributed by atoms with van der Waals surface area (Å²) in [5.74, 6) is -1.15. The molecule has 0 spiro atoms. The van der Waals surface area contributed by atoms with Gasteiger partial charge in [0, 0.05) is 6.20 Å². The normalized spacial score (nSPS) is 10.3. The molecule has 0 atom stereocenters. The van der Waals surface area contributed by atoms with Crippen molar-refractivity contribution in [3.05, 3.63) is 12.4 Å². The Bertz CT molecular complexity index is 400. The fraction of sp³-hybridized carbons (Fsp3) is 0.500. The number of carbonyl (C=O) groups is 2. The maximum absolute atomic E-state index is 11.3. The van der Waals surface area contributed by atoms with Gasteiger partial charge in [-0.1, -0.05) is 0 Å². The van der Waals surface area contributed by atoms with Crippen LogP contribution in [0.5, 0.6) is 0 Å². The van der Waals surface area contributed by atoms with Gasteiger partial charge in [-0.25, -0.2) is 4.79 Å². The summed E-state index contributed by atoms with van der Waals surface area (Å²) >= 11 is 0. The number of hydrogen-bond donors (Lipinski definition) is 1. The Morgan fingerprint density at radius 3 is 2.71 bits per heavy atom. The second-order valence-electron chi connectivity index (χ2n) is 3.67. The van der Waals surface area contributed by atoms with Gasteiger partial charge in [0.15, 0.2) is 6.61 Å². The summed E-state index contributed by atoms with van der Waals surface area (Å²) in [4.78, 5) is 22.4. The number of aromatic nitrogens is 2. The van der Waals surface area contributed by atoms with Crippen molar-refractivity contribution in [3.63, 3.8) is 0 Å². The number of anilines is 1. The van der Waals surface area contributed by atoms with Crippen LogP contribution in [0.2, 0.25) is 0 Å². The fourth-order valence-electron chi connectivity index (χ4n) is 1.08. The predicted octanol–water partition coefficient (Wildman–Crippen LogP) is -0.0399. The maximum Gasteiger partial charge on any atom is 0.344 e. The van der Waals surface area contributed by atoms with Crippen LogP contribution in [-0.4, -0.2) is 34.4 Å². The van der Waals surface area contributed by atoms with Gasteiger partial charge in [0.2, 0.25) is 0 Å². The molecule has 1 rings (SSSR count). The molecule has 2 N–H and O–H groups in total. The zero-order valence-corrected chi connectivity index (χ0v) is 9.75. The summed E-state index contributed by atoms with van der Waals surface area (Å²) in [7, 11) is 0. The molecule has 94 valence electrons. The standard InChI is InChI=1S/C10H15N3O4/c1-7(2)17-10(15)6-16-9(14)5-13-4-8(11)3-12-13/h3-4,7H,5-6,11H2,1-2H3. The van der Waals surface area contributed by atoms with E-state index in [0.717, 1.165) is 0 Å². The minimum atomic E-state index is -0.576. The average molecular weight is 241 g/mol.